The first-order valence-electron chi connectivity index (χ1n) is 8.16. The molecule has 2 fully saturated rings. The molecule has 19 heavy (non-hydrogen) atoms. The lowest BCUT2D eigenvalue weighted by Gasteiger charge is -2.30. The first kappa shape index (κ1) is 14.8. The minimum Gasteiger partial charge on any atom is -0.355 e. The maximum absolute atomic E-state index is 12.6. The van der Waals surface area contributed by atoms with Crippen molar-refractivity contribution in [2.24, 2.45) is 23.0 Å². The summed E-state index contributed by atoms with van der Waals surface area (Å²) < 4.78 is 0. The van der Waals surface area contributed by atoms with Crippen LogP contribution in [0.25, 0.3) is 0 Å². The van der Waals surface area contributed by atoms with Crippen LogP contribution >= 0.6 is 0 Å². The summed E-state index contributed by atoms with van der Waals surface area (Å²) in [7, 11) is 0. The molecule has 2 rings (SSSR count). The highest BCUT2D eigenvalue weighted by atomic mass is 16.2. The molecule has 0 radical (unpaired) electrons. The fraction of sp³-hybridized carbons (Fsp3) is 0.938. The average Bonchev–Trinajstić information content (AvgIpc) is 2.68. The Balaban J connectivity index is 1.88. The molecule has 0 aromatic heterocycles. The lowest BCUT2D eigenvalue weighted by Crippen LogP contribution is -2.47. The predicted molar refractivity (Wildman–Crippen MR) is 78.7 cm³/mol. The van der Waals surface area contributed by atoms with Gasteiger partial charge in [-0.05, 0) is 31.1 Å². The first-order chi connectivity index (χ1) is 9.18. The van der Waals surface area contributed by atoms with Crippen molar-refractivity contribution in [3.63, 3.8) is 0 Å². The second-order valence-electron chi connectivity index (χ2n) is 6.78. The van der Waals surface area contributed by atoms with Crippen molar-refractivity contribution in [3.05, 3.63) is 0 Å². The van der Waals surface area contributed by atoms with Crippen LogP contribution < -0.4 is 11.1 Å². The third-order valence-corrected chi connectivity index (χ3v) is 5.50. The van der Waals surface area contributed by atoms with E-state index in [9.17, 15) is 4.79 Å². The van der Waals surface area contributed by atoms with Gasteiger partial charge >= 0.3 is 0 Å². The van der Waals surface area contributed by atoms with Gasteiger partial charge in [-0.1, -0.05) is 45.4 Å². The average molecular weight is 266 g/mol. The Kier molecular flexibility index (Phi) is 5.26. The minimum absolute atomic E-state index is 0.232. The van der Waals surface area contributed by atoms with E-state index in [0.717, 1.165) is 38.1 Å². The van der Waals surface area contributed by atoms with Crippen molar-refractivity contribution in [1.29, 1.82) is 0 Å². The molecule has 3 N–H and O–H groups in total. The third-order valence-electron chi connectivity index (χ3n) is 5.50. The third kappa shape index (κ3) is 3.50. The van der Waals surface area contributed by atoms with Crippen LogP contribution in [0.4, 0.5) is 0 Å². The van der Waals surface area contributed by atoms with Gasteiger partial charge in [-0.2, -0.15) is 0 Å². The first-order valence-corrected chi connectivity index (χ1v) is 8.16. The van der Waals surface area contributed by atoms with Gasteiger partial charge in [0, 0.05) is 13.1 Å². The predicted octanol–water partition coefficient (Wildman–Crippen LogP) is 2.84. The molecule has 2 unspecified atom stereocenters. The van der Waals surface area contributed by atoms with E-state index in [0.29, 0.717) is 12.5 Å². The monoisotopic (exact) mass is 266 g/mol. The van der Waals surface area contributed by atoms with E-state index in [-0.39, 0.29) is 11.3 Å². The summed E-state index contributed by atoms with van der Waals surface area (Å²) in [5.74, 6) is 1.68. The maximum atomic E-state index is 12.6. The quantitative estimate of drug-likeness (QED) is 0.769. The van der Waals surface area contributed by atoms with Gasteiger partial charge in [0.2, 0.25) is 5.91 Å². The van der Waals surface area contributed by atoms with Crippen molar-refractivity contribution < 1.29 is 4.79 Å². The van der Waals surface area contributed by atoms with E-state index >= 15 is 0 Å². The summed E-state index contributed by atoms with van der Waals surface area (Å²) in [5, 5.41) is 3.23. The van der Waals surface area contributed by atoms with Crippen LogP contribution in [-0.4, -0.2) is 19.0 Å². The smallest absolute Gasteiger partial charge is 0.227 e. The van der Waals surface area contributed by atoms with E-state index in [1.165, 1.54) is 32.1 Å². The zero-order valence-corrected chi connectivity index (χ0v) is 12.4. The van der Waals surface area contributed by atoms with Crippen LogP contribution in [0, 0.1) is 17.3 Å². The van der Waals surface area contributed by atoms with Gasteiger partial charge in [-0.3, -0.25) is 4.79 Å². The largest absolute Gasteiger partial charge is 0.355 e. The molecule has 2 atom stereocenters. The van der Waals surface area contributed by atoms with Gasteiger partial charge in [-0.15, -0.1) is 0 Å². The summed E-state index contributed by atoms with van der Waals surface area (Å²) in [5.41, 5.74) is 5.69. The van der Waals surface area contributed by atoms with E-state index in [1.807, 2.05) is 0 Å². The molecule has 0 heterocycles. The fourth-order valence-corrected chi connectivity index (χ4v) is 3.87. The Hall–Kier alpha value is -0.570. The van der Waals surface area contributed by atoms with Gasteiger partial charge < -0.3 is 11.1 Å². The molecule has 2 saturated carbocycles. The van der Waals surface area contributed by atoms with Gasteiger partial charge in [0.1, 0.15) is 0 Å². The molecule has 2 aliphatic carbocycles. The van der Waals surface area contributed by atoms with Crippen molar-refractivity contribution in [3.8, 4) is 0 Å². The summed E-state index contributed by atoms with van der Waals surface area (Å²) in [6.07, 6.45) is 10.7. The number of carbonyl (C=O) groups excluding carboxylic acids is 1. The van der Waals surface area contributed by atoms with Crippen LogP contribution in [-0.2, 0) is 4.79 Å². The molecule has 0 aromatic carbocycles. The van der Waals surface area contributed by atoms with Crippen molar-refractivity contribution in [2.75, 3.05) is 13.1 Å². The number of amides is 1. The summed E-state index contributed by atoms with van der Waals surface area (Å²) >= 11 is 0. The number of hydrogen-bond donors (Lipinski definition) is 2. The normalized spacial score (nSPS) is 30.8. The zero-order valence-electron chi connectivity index (χ0n) is 12.4. The van der Waals surface area contributed by atoms with Gasteiger partial charge in [0.05, 0.1) is 5.41 Å². The van der Waals surface area contributed by atoms with Crippen molar-refractivity contribution in [2.45, 2.75) is 64.7 Å². The summed E-state index contributed by atoms with van der Waals surface area (Å²) in [6.45, 7) is 3.69. The Morgan fingerprint density at radius 1 is 1.16 bits per heavy atom. The summed E-state index contributed by atoms with van der Waals surface area (Å²) in [6, 6.07) is 0. The van der Waals surface area contributed by atoms with Gasteiger partial charge in [-0.25, -0.2) is 0 Å². The Morgan fingerprint density at radius 3 is 2.37 bits per heavy atom. The number of rotatable bonds is 4. The lowest BCUT2D eigenvalue weighted by atomic mass is 9.79. The standard InChI is InChI=1S/C16H30N2O/c1-13-7-6-8-14(13)11-18-15(19)16(12-17)9-4-2-3-5-10-16/h13-14H,2-12,17H2,1H3,(H,18,19). The molecule has 3 heteroatoms. The number of hydrogen-bond acceptors (Lipinski definition) is 2. The van der Waals surface area contributed by atoms with E-state index in [1.54, 1.807) is 0 Å². The maximum Gasteiger partial charge on any atom is 0.227 e. The van der Waals surface area contributed by atoms with Crippen LogP contribution in [0.15, 0.2) is 0 Å². The molecule has 0 aliphatic heterocycles. The number of nitrogens with two attached hydrogens (primary N) is 1. The SMILES string of the molecule is CC1CCCC1CNC(=O)C1(CN)CCCCCC1. The number of nitrogens with one attached hydrogen (secondary N) is 1. The van der Waals surface area contributed by atoms with Crippen LogP contribution in [0.5, 0.6) is 0 Å². The molecular weight excluding hydrogens is 236 g/mol. The molecule has 110 valence electrons. The second-order valence-corrected chi connectivity index (χ2v) is 6.78. The molecule has 0 bridgehead atoms. The highest BCUT2D eigenvalue weighted by Gasteiger charge is 2.37. The topological polar surface area (TPSA) is 55.1 Å². The zero-order chi connectivity index (χ0) is 13.7. The fourth-order valence-electron chi connectivity index (χ4n) is 3.87. The lowest BCUT2D eigenvalue weighted by molar-refractivity contribution is -0.131. The van der Waals surface area contributed by atoms with E-state index < -0.39 is 0 Å². The molecule has 3 nitrogen and oxygen atoms in total. The van der Waals surface area contributed by atoms with Crippen molar-refractivity contribution in [1.82, 2.24) is 5.32 Å². The van der Waals surface area contributed by atoms with Crippen molar-refractivity contribution >= 4 is 5.91 Å². The van der Waals surface area contributed by atoms with Crippen LogP contribution in [0.3, 0.4) is 0 Å². The molecule has 0 aromatic rings. The van der Waals surface area contributed by atoms with Crippen LogP contribution in [0.2, 0.25) is 0 Å². The second kappa shape index (κ2) is 6.74. The molecule has 0 saturated heterocycles. The van der Waals surface area contributed by atoms with Gasteiger partial charge in [0.25, 0.3) is 0 Å². The highest BCUT2D eigenvalue weighted by molar-refractivity contribution is 5.82. The Morgan fingerprint density at radius 2 is 1.84 bits per heavy atom. The molecular formula is C16H30N2O. The van der Waals surface area contributed by atoms with Crippen LogP contribution in [0.1, 0.15) is 64.7 Å². The number of carbonyl (C=O) groups is 1. The van der Waals surface area contributed by atoms with E-state index in [2.05, 4.69) is 12.2 Å². The highest BCUT2D eigenvalue weighted by Crippen LogP contribution is 2.35. The minimum atomic E-state index is -0.266. The van der Waals surface area contributed by atoms with Gasteiger partial charge in [0.15, 0.2) is 0 Å². The molecule has 0 spiro atoms. The Bertz CT molecular complexity index is 295. The Labute approximate surface area is 117 Å². The summed E-state index contributed by atoms with van der Waals surface area (Å²) in [4.78, 5) is 12.6. The molecule has 2 aliphatic rings. The molecule has 1 amide bonds. The van der Waals surface area contributed by atoms with E-state index in [4.69, 9.17) is 5.73 Å².